The van der Waals surface area contributed by atoms with Gasteiger partial charge in [-0.05, 0) is 59.7 Å². The molecule has 0 saturated carbocycles. The van der Waals surface area contributed by atoms with Crippen LogP contribution in [0.25, 0.3) is 32.9 Å². The normalized spacial score (nSPS) is 11.2. The lowest BCUT2D eigenvalue weighted by atomic mass is 10.0. The Morgan fingerprint density at radius 1 is 0.763 bits per heavy atom. The van der Waals surface area contributed by atoms with E-state index in [1.54, 1.807) is 6.07 Å². The number of hydrogen-bond acceptors (Lipinski definition) is 4. The molecule has 1 aromatic heterocycles. The maximum absolute atomic E-state index is 10.6. The van der Waals surface area contributed by atoms with Crippen LogP contribution in [-0.4, -0.2) is 39.8 Å². The predicted molar refractivity (Wildman–Crippen MR) is 165 cm³/mol. The molecule has 0 saturated heterocycles. The van der Waals surface area contributed by atoms with Crippen LogP contribution < -0.4 is 5.32 Å². The first-order valence-electron chi connectivity index (χ1n) is 12.1. The fourth-order valence-electron chi connectivity index (χ4n) is 4.55. The van der Waals surface area contributed by atoms with E-state index in [2.05, 4.69) is 34.5 Å². The molecule has 0 fully saturated rings. The maximum Gasteiger partial charge on any atom is 0.120 e. The van der Waals surface area contributed by atoms with Gasteiger partial charge in [-0.1, -0.05) is 48.0 Å². The minimum absolute atomic E-state index is 0. The number of nitrogens with zero attached hydrogens (tertiary/aromatic N) is 2. The monoisotopic (exact) mass is 585 g/mol. The van der Waals surface area contributed by atoms with E-state index in [1.165, 1.54) is 0 Å². The first kappa shape index (κ1) is 28.3. The van der Waals surface area contributed by atoms with E-state index in [1.807, 2.05) is 54.6 Å². The van der Waals surface area contributed by atoms with Gasteiger partial charge >= 0.3 is 0 Å². The van der Waals surface area contributed by atoms with Gasteiger partial charge < -0.3 is 10.4 Å². The molecular weight excluding hydrogens is 560 g/mol. The van der Waals surface area contributed by atoms with Gasteiger partial charge in [-0.25, -0.2) is 4.98 Å². The quantitative estimate of drug-likeness (QED) is 0.103. The Balaban J connectivity index is 0.00000336. The first-order valence-corrected chi connectivity index (χ1v) is 13.5. The summed E-state index contributed by atoms with van der Waals surface area (Å²) in [7, 11) is 0. The summed E-state index contributed by atoms with van der Waals surface area (Å²) in [6.45, 7) is 1.93. The number of phenolic OH excluding ortho intramolecular Hbond substituents is 1. The number of nitrogens with one attached hydrogen (secondary N) is 1. The van der Waals surface area contributed by atoms with Crippen molar-refractivity contribution in [2.45, 2.75) is 6.54 Å². The highest BCUT2D eigenvalue weighted by Gasteiger charge is 2.14. The van der Waals surface area contributed by atoms with Crippen molar-refractivity contribution in [3.8, 4) is 16.9 Å². The smallest absolute Gasteiger partial charge is 0.120 e. The number of aromatic nitrogens is 1. The van der Waals surface area contributed by atoms with Gasteiger partial charge in [-0.15, -0.1) is 35.6 Å². The Morgan fingerprint density at radius 3 is 2.26 bits per heavy atom. The van der Waals surface area contributed by atoms with Crippen LogP contribution in [0.2, 0.25) is 5.02 Å². The summed E-state index contributed by atoms with van der Waals surface area (Å²) in [5.41, 5.74) is 6.52. The zero-order valence-electron chi connectivity index (χ0n) is 20.5. The highest BCUT2D eigenvalue weighted by atomic mass is 35.5. The lowest BCUT2D eigenvalue weighted by Crippen LogP contribution is -2.27. The molecule has 0 aliphatic heterocycles. The molecule has 0 radical (unpaired) electrons. The number of aromatic hydroxyl groups is 1. The van der Waals surface area contributed by atoms with Gasteiger partial charge in [0.15, 0.2) is 0 Å². The van der Waals surface area contributed by atoms with Crippen molar-refractivity contribution in [2.75, 3.05) is 30.2 Å². The molecule has 0 aliphatic rings. The Labute approximate surface area is 243 Å². The molecule has 4 nitrogen and oxygen atoms in total. The molecule has 0 aliphatic carbocycles. The van der Waals surface area contributed by atoms with Crippen molar-refractivity contribution in [3.63, 3.8) is 0 Å². The van der Waals surface area contributed by atoms with Crippen LogP contribution in [0.4, 0.5) is 11.4 Å². The van der Waals surface area contributed by atoms with Crippen LogP contribution in [0.15, 0.2) is 84.9 Å². The number of hydrogen-bond donors (Lipinski definition) is 2. The summed E-state index contributed by atoms with van der Waals surface area (Å²) in [5, 5.41) is 16.8. The standard InChI is InChI=1S/C30H26Cl3N3O.ClH/c31-12-14-36(15-13-32)19-22-16-24(8-11-29(22)37)34-30-25-9-7-23(33)18-28(25)35-27-10-6-21(17-26(27)30)20-4-2-1-3-5-20;/h1-11,16-18,37H,12-15,19H2,(H,34,35);1H. The van der Waals surface area contributed by atoms with E-state index in [-0.39, 0.29) is 18.2 Å². The first-order chi connectivity index (χ1) is 18.1. The lowest BCUT2D eigenvalue weighted by molar-refractivity contribution is 0.294. The number of anilines is 2. The summed E-state index contributed by atoms with van der Waals surface area (Å²) >= 11 is 18.3. The molecule has 38 heavy (non-hydrogen) atoms. The number of benzene rings is 4. The van der Waals surface area contributed by atoms with E-state index >= 15 is 0 Å². The molecule has 5 aromatic rings. The van der Waals surface area contributed by atoms with Gasteiger partial charge in [-0.2, -0.15) is 0 Å². The number of pyridine rings is 1. The molecule has 1 heterocycles. The van der Waals surface area contributed by atoms with Gasteiger partial charge in [-0.3, -0.25) is 4.90 Å². The number of halogens is 4. The second-order valence-corrected chi connectivity index (χ2v) is 10.1. The Hall–Kier alpha value is -2.73. The van der Waals surface area contributed by atoms with Crippen molar-refractivity contribution in [3.05, 3.63) is 95.5 Å². The van der Waals surface area contributed by atoms with E-state index in [4.69, 9.17) is 39.8 Å². The Morgan fingerprint density at radius 2 is 1.53 bits per heavy atom. The zero-order valence-corrected chi connectivity index (χ0v) is 23.6. The predicted octanol–water partition coefficient (Wildman–Crippen LogP) is 8.86. The van der Waals surface area contributed by atoms with Crippen molar-refractivity contribution in [2.24, 2.45) is 0 Å². The van der Waals surface area contributed by atoms with E-state index < -0.39 is 0 Å². The van der Waals surface area contributed by atoms with E-state index in [0.717, 1.165) is 49.9 Å². The van der Waals surface area contributed by atoms with Crippen LogP contribution in [0.5, 0.6) is 5.75 Å². The minimum Gasteiger partial charge on any atom is -0.508 e. The van der Waals surface area contributed by atoms with Crippen molar-refractivity contribution >= 4 is 80.4 Å². The molecular formula is C30H27Cl4N3O. The summed E-state index contributed by atoms with van der Waals surface area (Å²) in [6, 6.07) is 27.9. The van der Waals surface area contributed by atoms with E-state index in [0.29, 0.717) is 36.4 Å². The number of rotatable bonds is 9. The molecule has 196 valence electrons. The van der Waals surface area contributed by atoms with Crippen LogP contribution in [0.3, 0.4) is 0 Å². The van der Waals surface area contributed by atoms with Gasteiger partial charge in [0, 0.05) is 58.4 Å². The molecule has 0 bridgehead atoms. The van der Waals surface area contributed by atoms with Crippen LogP contribution >= 0.6 is 47.2 Å². The zero-order chi connectivity index (χ0) is 25.8. The average molecular weight is 587 g/mol. The molecule has 5 rings (SSSR count). The second-order valence-electron chi connectivity index (χ2n) is 8.87. The van der Waals surface area contributed by atoms with Crippen LogP contribution in [0, 0.1) is 0 Å². The van der Waals surface area contributed by atoms with E-state index in [9.17, 15) is 5.11 Å². The molecule has 4 aromatic carbocycles. The largest absolute Gasteiger partial charge is 0.508 e. The number of alkyl halides is 2. The molecule has 2 N–H and O–H groups in total. The third kappa shape index (κ3) is 6.28. The third-order valence-electron chi connectivity index (χ3n) is 6.39. The summed E-state index contributed by atoms with van der Waals surface area (Å²) < 4.78 is 0. The highest BCUT2D eigenvalue weighted by Crippen LogP contribution is 2.37. The maximum atomic E-state index is 10.6. The van der Waals surface area contributed by atoms with Crippen molar-refractivity contribution < 1.29 is 5.11 Å². The van der Waals surface area contributed by atoms with Gasteiger partial charge in [0.1, 0.15) is 5.75 Å². The summed E-state index contributed by atoms with van der Waals surface area (Å²) in [4.78, 5) is 7.02. The summed E-state index contributed by atoms with van der Waals surface area (Å²) in [6.07, 6.45) is 0. The topological polar surface area (TPSA) is 48.4 Å². The Kier molecular flexibility index (Phi) is 9.59. The minimum atomic E-state index is 0. The van der Waals surface area contributed by atoms with Crippen LogP contribution in [-0.2, 0) is 6.54 Å². The van der Waals surface area contributed by atoms with Gasteiger partial charge in [0.25, 0.3) is 0 Å². The molecule has 8 heteroatoms. The third-order valence-corrected chi connectivity index (χ3v) is 6.96. The van der Waals surface area contributed by atoms with Crippen molar-refractivity contribution in [1.82, 2.24) is 9.88 Å². The highest BCUT2D eigenvalue weighted by molar-refractivity contribution is 6.31. The molecule has 0 spiro atoms. The Bertz CT molecular complexity index is 1540. The number of fused-ring (bicyclic) bond motifs is 2. The van der Waals surface area contributed by atoms with Crippen LogP contribution in [0.1, 0.15) is 5.56 Å². The fraction of sp³-hybridized carbons (Fsp3) is 0.167. The second kappa shape index (κ2) is 12.9. The fourth-order valence-corrected chi connectivity index (χ4v) is 5.19. The van der Waals surface area contributed by atoms with Crippen molar-refractivity contribution in [1.29, 1.82) is 0 Å². The lowest BCUT2D eigenvalue weighted by Gasteiger charge is -2.21. The van der Waals surface area contributed by atoms with Gasteiger partial charge in [0.2, 0.25) is 0 Å². The number of phenols is 1. The molecule has 0 atom stereocenters. The molecule has 0 unspecified atom stereocenters. The molecule has 0 amide bonds. The summed E-state index contributed by atoms with van der Waals surface area (Å²) in [5.74, 6) is 1.23. The SMILES string of the molecule is Cl.Oc1ccc(Nc2c3ccc(Cl)cc3nc3ccc(-c4ccccc4)cc23)cc1CN(CCCl)CCCl. The van der Waals surface area contributed by atoms with Gasteiger partial charge in [0.05, 0.1) is 16.7 Å². The average Bonchev–Trinajstić information content (AvgIpc) is 2.91.